The van der Waals surface area contributed by atoms with E-state index < -0.39 is 0 Å². The summed E-state index contributed by atoms with van der Waals surface area (Å²) in [5.74, 6) is 2.26. The second-order valence-corrected chi connectivity index (χ2v) is 6.94. The van der Waals surface area contributed by atoms with E-state index in [0.717, 1.165) is 32.1 Å². The van der Waals surface area contributed by atoms with E-state index in [9.17, 15) is 0 Å². The van der Waals surface area contributed by atoms with Crippen molar-refractivity contribution in [2.45, 2.75) is 17.7 Å². The predicted octanol–water partition coefficient (Wildman–Crippen LogP) is 4.95. The molecule has 0 unspecified atom stereocenters. The number of aryl methyl sites for hydroxylation is 1. The Labute approximate surface area is 141 Å². The molecule has 4 rings (SSSR count). The highest BCUT2D eigenvalue weighted by atomic mass is 32.2. The van der Waals surface area contributed by atoms with Crippen LogP contribution in [0, 0.1) is 6.92 Å². The molecule has 0 aliphatic rings. The third kappa shape index (κ3) is 2.87. The van der Waals surface area contributed by atoms with Gasteiger partial charge in [-0.3, -0.25) is 0 Å². The molecule has 0 atom stereocenters. The van der Waals surface area contributed by atoms with Gasteiger partial charge in [-0.25, -0.2) is 4.98 Å². The maximum atomic E-state index is 5.78. The van der Waals surface area contributed by atoms with Crippen LogP contribution in [0.5, 0.6) is 0 Å². The van der Waals surface area contributed by atoms with Crippen LogP contribution in [0.25, 0.3) is 21.5 Å². The fraction of sp³-hybridized carbons (Fsp3) is 0.118. The monoisotopic (exact) mass is 339 g/mol. The molecule has 3 aromatic heterocycles. The van der Waals surface area contributed by atoms with Gasteiger partial charge in [0.25, 0.3) is 0 Å². The summed E-state index contributed by atoms with van der Waals surface area (Å²) in [6.07, 6.45) is 1.79. The van der Waals surface area contributed by atoms with Crippen LogP contribution in [-0.4, -0.2) is 15.2 Å². The van der Waals surface area contributed by atoms with E-state index in [1.807, 2.05) is 42.6 Å². The van der Waals surface area contributed by atoms with Crippen LogP contribution in [0.15, 0.2) is 57.4 Å². The number of benzene rings is 1. The molecular weight excluding hydrogens is 326 g/mol. The molecule has 0 aliphatic carbocycles. The van der Waals surface area contributed by atoms with E-state index >= 15 is 0 Å². The average Bonchev–Trinajstić information content (AvgIpc) is 3.22. The zero-order chi connectivity index (χ0) is 15.6. The first kappa shape index (κ1) is 14.4. The van der Waals surface area contributed by atoms with Gasteiger partial charge in [0, 0.05) is 16.5 Å². The highest BCUT2D eigenvalue weighted by molar-refractivity contribution is 7.98. The number of hydrogen-bond donors (Lipinski definition) is 0. The van der Waals surface area contributed by atoms with Gasteiger partial charge >= 0.3 is 0 Å². The number of nitrogens with zero attached hydrogens (tertiary/aromatic N) is 3. The topological polar surface area (TPSA) is 51.8 Å². The van der Waals surface area contributed by atoms with E-state index in [2.05, 4.69) is 21.2 Å². The van der Waals surface area contributed by atoms with Gasteiger partial charge in [-0.15, -0.1) is 16.4 Å². The molecule has 0 N–H and O–H groups in total. The molecule has 0 saturated heterocycles. The van der Waals surface area contributed by atoms with Crippen molar-refractivity contribution in [1.29, 1.82) is 0 Å². The standard InChI is InChI=1S/C17H13N3OS2/c1-11-14(19-16(21-11)15-7-4-8-22-15)10-23-17-13-6-3-2-5-12(13)9-18-20-17/h2-9H,10H2,1H3. The number of thioether (sulfide) groups is 1. The highest BCUT2D eigenvalue weighted by Gasteiger charge is 2.13. The number of oxazole rings is 1. The van der Waals surface area contributed by atoms with Crippen LogP contribution in [-0.2, 0) is 5.75 Å². The molecule has 0 fully saturated rings. The smallest absolute Gasteiger partial charge is 0.236 e. The van der Waals surface area contributed by atoms with E-state index in [1.54, 1.807) is 29.3 Å². The summed E-state index contributed by atoms with van der Waals surface area (Å²) in [7, 11) is 0. The number of aromatic nitrogens is 3. The highest BCUT2D eigenvalue weighted by Crippen LogP contribution is 2.31. The molecule has 0 aliphatic heterocycles. The maximum absolute atomic E-state index is 5.78. The Morgan fingerprint density at radius 2 is 2.09 bits per heavy atom. The lowest BCUT2D eigenvalue weighted by Crippen LogP contribution is -1.90. The molecule has 0 bridgehead atoms. The Morgan fingerprint density at radius 1 is 1.17 bits per heavy atom. The molecule has 23 heavy (non-hydrogen) atoms. The maximum Gasteiger partial charge on any atom is 0.236 e. The van der Waals surface area contributed by atoms with Crippen molar-refractivity contribution in [1.82, 2.24) is 15.2 Å². The lowest BCUT2D eigenvalue weighted by atomic mass is 10.2. The van der Waals surface area contributed by atoms with Gasteiger partial charge in [0.2, 0.25) is 5.89 Å². The molecule has 0 saturated carbocycles. The van der Waals surface area contributed by atoms with Crippen LogP contribution in [0.2, 0.25) is 0 Å². The van der Waals surface area contributed by atoms with Crippen molar-refractivity contribution in [2.75, 3.05) is 0 Å². The molecule has 0 amide bonds. The first-order chi connectivity index (χ1) is 11.3. The van der Waals surface area contributed by atoms with Crippen molar-refractivity contribution in [3.05, 3.63) is 59.4 Å². The molecular formula is C17H13N3OS2. The van der Waals surface area contributed by atoms with Crippen molar-refractivity contribution >= 4 is 33.9 Å². The summed E-state index contributed by atoms with van der Waals surface area (Å²) in [6, 6.07) is 12.2. The van der Waals surface area contributed by atoms with Crippen LogP contribution >= 0.6 is 23.1 Å². The van der Waals surface area contributed by atoms with E-state index in [1.165, 1.54) is 0 Å². The lowest BCUT2D eigenvalue weighted by Gasteiger charge is -2.02. The molecule has 4 aromatic rings. The Morgan fingerprint density at radius 3 is 2.96 bits per heavy atom. The third-order valence-electron chi connectivity index (χ3n) is 3.51. The number of fused-ring (bicyclic) bond motifs is 1. The Bertz CT molecular complexity index is 942. The molecule has 3 heterocycles. The Balaban J connectivity index is 1.59. The summed E-state index contributed by atoms with van der Waals surface area (Å²) in [5.41, 5.74) is 0.952. The minimum atomic E-state index is 0.692. The third-order valence-corrected chi connectivity index (χ3v) is 5.36. The largest absolute Gasteiger partial charge is 0.440 e. The Kier molecular flexibility index (Phi) is 3.85. The molecule has 1 aromatic carbocycles. The quantitative estimate of drug-likeness (QED) is 0.493. The van der Waals surface area contributed by atoms with Crippen LogP contribution in [0.1, 0.15) is 11.5 Å². The SMILES string of the molecule is Cc1oc(-c2cccs2)nc1CSc1nncc2ccccc12. The second kappa shape index (κ2) is 6.14. The molecule has 6 heteroatoms. The van der Waals surface area contributed by atoms with Crippen molar-refractivity contribution in [3.63, 3.8) is 0 Å². The number of hydrogen-bond acceptors (Lipinski definition) is 6. The van der Waals surface area contributed by atoms with Crippen molar-refractivity contribution in [3.8, 4) is 10.8 Å². The first-order valence-electron chi connectivity index (χ1n) is 7.14. The lowest BCUT2D eigenvalue weighted by molar-refractivity contribution is 0.542. The summed E-state index contributed by atoms with van der Waals surface area (Å²) in [6.45, 7) is 1.95. The average molecular weight is 339 g/mol. The minimum absolute atomic E-state index is 0.692. The van der Waals surface area contributed by atoms with Crippen LogP contribution in [0.4, 0.5) is 0 Å². The van der Waals surface area contributed by atoms with E-state index in [-0.39, 0.29) is 0 Å². The number of thiophene rings is 1. The second-order valence-electron chi connectivity index (χ2n) is 5.02. The predicted molar refractivity (Wildman–Crippen MR) is 93.7 cm³/mol. The van der Waals surface area contributed by atoms with Gasteiger partial charge in [0.05, 0.1) is 16.8 Å². The van der Waals surface area contributed by atoms with Gasteiger partial charge in [-0.2, -0.15) is 5.10 Å². The summed E-state index contributed by atoms with van der Waals surface area (Å²) in [4.78, 5) is 5.67. The summed E-state index contributed by atoms with van der Waals surface area (Å²) < 4.78 is 5.78. The Hall–Kier alpha value is -2.18. The van der Waals surface area contributed by atoms with Gasteiger partial charge in [0.15, 0.2) is 0 Å². The zero-order valence-corrected chi connectivity index (χ0v) is 14.0. The van der Waals surface area contributed by atoms with Crippen molar-refractivity contribution in [2.24, 2.45) is 0 Å². The van der Waals surface area contributed by atoms with Gasteiger partial charge in [0.1, 0.15) is 10.8 Å². The van der Waals surface area contributed by atoms with Crippen molar-refractivity contribution < 1.29 is 4.42 Å². The van der Waals surface area contributed by atoms with Crippen LogP contribution < -0.4 is 0 Å². The first-order valence-corrected chi connectivity index (χ1v) is 9.01. The fourth-order valence-electron chi connectivity index (χ4n) is 2.31. The van der Waals surface area contributed by atoms with Gasteiger partial charge < -0.3 is 4.42 Å². The molecule has 0 spiro atoms. The van der Waals surface area contributed by atoms with Crippen LogP contribution in [0.3, 0.4) is 0 Å². The minimum Gasteiger partial charge on any atom is -0.440 e. The fourth-order valence-corrected chi connectivity index (χ4v) is 3.95. The van der Waals surface area contributed by atoms with E-state index in [0.29, 0.717) is 11.6 Å². The molecule has 0 radical (unpaired) electrons. The normalized spacial score (nSPS) is 11.2. The number of rotatable bonds is 4. The van der Waals surface area contributed by atoms with E-state index in [4.69, 9.17) is 4.42 Å². The summed E-state index contributed by atoms with van der Waals surface area (Å²) in [5, 5.41) is 13.5. The molecule has 4 nitrogen and oxygen atoms in total. The summed E-state index contributed by atoms with van der Waals surface area (Å²) >= 11 is 3.26. The van der Waals surface area contributed by atoms with Gasteiger partial charge in [-0.1, -0.05) is 42.1 Å². The zero-order valence-electron chi connectivity index (χ0n) is 12.4. The van der Waals surface area contributed by atoms with Gasteiger partial charge in [-0.05, 0) is 18.4 Å². The molecule has 114 valence electrons.